The number of halogens is 1. The van der Waals surface area contributed by atoms with Gasteiger partial charge in [-0.2, -0.15) is 0 Å². The van der Waals surface area contributed by atoms with Crippen molar-refractivity contribution in [3.05, 3.63) is 28.5 Å². The van der Waals surface area contributed by atoms with Gasteiger partial charge in [-0.25, -0.2) is 0 Å². The predicted molar refractivity (Wildman–Crippen MR) is 36.7 cm³/mol. The summed E-state index contributed by atoms with van der Waals surface area (Å²) in [4.78, 5) is 4.01. The largest absolute Gasteiger partial charge is 0.262 e. The van der Waals surface area contributed by atoms with Gasteiger partial charge in [0.2, 0.25) is 0 Å². The molecule has 0 aliphatic carbocycles. The van der Waals surface area contributed by atoms with E-state index in [0.717, 1.165) is 10.2 Å². The van der Waals surface area contributed by atoms with Crippen LogP contribution in [0, 0.1) is 44.7 Å². The van der Waals surface area contributed by atoms with Crippen LogP contribution in [0.3, 0.4) is 0 Å². The van der Waals surface area contributed by atoms with Crippen molar-refractivity contribution in [3.63, 3.8) is 0 Å². The van der Waals surface area contributed by atoms with E-state index in [4.69, 9.17) is 0 Å². The van der Waals surface area contributed by atoms with Crippen LogP contribution in [-0.4, -0.2) is 4.98 Å². The molecule has 9 heavy (non-hydrogen) atoms. The van der Waals surface area contributed by atoms with Crippen LogP contribution in [0.15, 0.2) is 22.8 Å². The molecule has 0 fully saturated rings. The summed E-state index contributed by atoms with van der Waals surface area (Å²) in [6, 6.07) is 3.88. The molecule has 0 amide bonds. The number of pyridine rings is 1. The monoisotopic (exact) mass is 211 g/mol. The van der Waals surface area contributed by atoms with Gasteiger partial charge in [-0.3, -0.25) is 4.98 Å². The minimum Gasteiger partial charge on any atom is -0.262 e. The molecule has 0 radical (unpaired) electrons. The van der Waals surface area contributed by atoms with Gasteiger partial charge in [0, 0.05) is 54.1 Å². The van der Waals surface area contributed by atoms with Gasteiger partial charge in [-0.1, -0.05) is 15.9 Å². The number of aryl methyl sites for hydroxylation is 1. The zero-order valence-electron chi connectivity index (χ0n) is 4.91. The molecule has 0 unspecified atom stereocenters. The topological polar surface area (TPSA) is 12.9 Å². The third-order valence-electron chi connectivity index (χ3n) is 0.859. The predicted octanol–water partition coefficient (Wildman–Crippen LogP) is 2.15. The van der Waals surface area contributed by atoms with Gasteiger partial charge >= 0.3 is 0 Å². The van der Waals surface area contributed by atoms with Crippen LogP contribution in [-0.2, 0) is 0 Å². The van der Waals surface area contributed by atoms with Gasteiger partial charge in [0.05, 0.1) is 0 Å². The molecule has 0 aliphatic heterocycles. The standard InChI is InChI=1S/C6H6BrN.Ar/c1-5-4-6(7)2-3-8-5;/h2-4H,1H3;. The average Bonchev–Trinajstić information content (AvgIpc) is 1.64. The maximum absolute atomic E-state index is 4.01. The van der Waals surface area contributed by atoms with Crippen LogP contribution >= 0.6 is 15.9 Å². The Kier molecular flexibility index (Phi) is 5.13. The molecule has 1 aromatic rings. The Morgan fingerprint density at radius 2 is 2.22 bits per heavy atom. The molecule has 50 valence electrons. The number of nitrogens with zero attached hydrogens (tertiary/aromatic N) is 1. The Hall–Kier alpha value is 0.890. The number of rotatable bonds is 0. The number of aromatic nitrogens is 1. The zero-order valence-corrected chi connectivity index (χ0v) is 7.20. The van der Waals surface area contributed by atoms with Gasteiger partial charge in [0.15, 0.2) is 0 Å². The first-order valence-electron chi connectivity index (χ1n) is 2.37. The third kappa shape index (κ3) is 3.56. The summed E-state index contributed by atoms with van der Waals surface area (Å²) in [6.07, 6.45) is 1.78. The van der Waals surface area contributed by atoms with Gasteiger partial charge in [0.25, 0.3) is 0 Å². The summed E-state index contributed by atoms with van der Waals surface area (Å²) in [5.41, 5.74) is 1.04. The van der Waals surface area contributed by atoms with Gasteiger partial charge in [0.1, 0.15) is 0 Å². The van der Waals surface area contributed by atoms with Gasteiger partial charge in [-0.15, -0.1) is 0 Å². The molecule has 0 atom stereocenters. The SMILES string of the molecule is Cc1cc(Br)ccn1.[Ar]. The third-order valence-corrected chi connectivity index (χ3v) is 1.35. The molecule has 0 saturated heterocycles. The van der Waals surface area contributed by atoms with E-state index in [-0.39, 0.29) is 37.7 Å². The fraction of sp³-hybridized carbons (Fsp3) is 0.167. The summed E-state index contributed by atoms with van der Waals surface area (Å²) >= 11 is 3.32. The summed E-state index contributed by atoms with van der Waals surface area (Å²) in [7, 11) is 0. The first kappa shape index (κ1) is 9.89. The second-order valence-corrected chi connectivity index (χ2v) is 2.53. The van der Waals surface area contributed by atoms with E-state index < -0.39 is 0 Å². The quantitative estimate of drug-likeness (QED) is 0.641. The van der Waals surface area contributed by atoms with Crippen LogP contribution in [0.4, 0.5) is 0 Å². The Balaban J connectivity index is 0.000000640. The zero-order chi connectivity index (χ0) is 5.98. The molecular weight excluding hydrogens is 206 g/mol. The van der Waals surface area contributed by atoms with E-state index in [1.807, 2.05) is 19.1 Å². The van der Waals surface area contributed by atoms with E-state index in [1.165, 1.54) is 0 Å². The average molecular weight is 212 g/mol. The fourth-order valence-corrected chi connectivity index (χ4v) is 0.960. The van der Waals surface area contributed by atoms with E-state index in [1.54, 1.807) is 6.20 Å². The molecule has 0 spiro atoms. The van der Waals surface area contributed by atoms with Crippen molar-refractivity contribution in [2.24, 2.45) is 0 Å². The van der Waals surface area contributed by atoms with E-state index in [0.29, 0.717) is 0 Å². The van der Waals surface area contributed by atoms with Crippen LogP contribution in [0.2, 0.25) is 0 Å². The Labute approximate surface area is 93.0 Å². The van der Waals surface area contributed by atoms with E-state index >= 15 is 0 Å². The van der Waals surface area contributed by atoms with E-state index in [2.05, 4.69) is 20.9 Å². The second kappa shape index (κ2) is 4.67. The van der Waals surface area contributed by atoms with Crippen molar-refractivity contribution < 1.29 is 37.7 Å². The van der Waals surface area contributed by atoms with E-state index in [9.17, 15) is 0 Å². The van der Waals surface area contributed by atoms with Crippen molar-refractivity contribution in [1.29, 1.82) is 0 Å². The Morgan fingerprint density at radius 3 is 2.56 bits per heavy atom. The summed E-state index contributed by atoms with van der Waals surface area (Å²) < 4.78 is 1.09. The molecule has 0 saturated carbocycles. The van der Waals surface area contributed by atoms with Crippen molar-refractivity contribution in [3.8, 4) is 0 Å². The van der Waals surface area contributed by atoms with Crippen molar-refractivity contribution in [2.75, 3.05) is 0 Å². The minimum absolute atomic E-state index is 0. The molecule has 0 aliphatic rings. The van der Waals surface area contributed by atoms with Gasteiger partial charge < -0.3 is 0 Å². The van der Waals surface area contributed by atoms with Crippen molar-refractivity contribution in [2.45, 2.75) is 6.92 Å². The van der Waals surface area contributed by atoms with Gasteiger partial charge in [-0.05, 0) is 19.1 Å². The molecule has 0 N–H and O–H groups in total. The minimum atomic E-state index is 0. The normalized spacial score (nSPS) is 8.22. The maximum atomic E-state index is 4.01. The molecule has 1 heterocycles. The summed E-state index contributed by atoms with van der Waals surface area (Å²) in [6.45, 7) is 1.96. The van der Waals surface area contributed by atoms with Crippen LogP contribution in [0.5, 0.6) is 0 Å². The number of hydrogen-bond donors (Lipinski definition) is 0. The smallest absolute Gasteiger partial charge is 0.0383 e. The first-order valence-corrected chi connectivity index (χ1v) is 3.16. The molecule has 1 aromatic heterocycles. The molecular formula is C6H6ArBrN. The first-order chi connectivity index (χ1) is 3.79. The molecule has 3 heteroatoms. The van der Waals surface area contributed by atoms with Crippen molar-refractivity contribution in [1.82, 2.24) is 4.98 Å². The van der Waals surface area contributed by atoms with Crippen LogP contribution in [0.1, 0.15) is 5.69 Å². The Bertz CT molecular complexity index is 173. The van der Waals surface area contributed by atoms with Crippen molar-refractivity contribution >= 4 is 15.9 Å². The second-order valence-electron chi connectivity index (χ2n) is 1.62. The molecule has 1 nitrogen and oxygen atoms in total. The molecule has 1 rings (SSSR count). The summed E-state index contributed by atoms with van der Waals surface area (Å²) in [5.74, 6) is 0. The maximum Gasteiger partial charge on any atom is 0.0383 e. The summed E-state index contributed by atoms with van der Waals surface area (Å²) in [5, 5.41) is 0. The molecule has 0 bridgehead atoms. The molecule has 0 aromatic carbocycles. The number of hydrogen-bond acceptors (Lipinski definition) is 1. The Morgan fingerprint density at radius 1 is 1.56 bits per heavy atom. The van der Waals surface area contributed by atoms with Crippen LogP contribution in [0.25, 0.3) is 0 Å². The fourth-order valence-electron chi connectivity index (χ4n) is 0.511. The van der Waals surface area contributed by atoms with Crippen LogP contribution < -0.4 is 0 Å².